The van der Waals surface area contributed by atoms with E-state index in [0.717, 1.165) is 48.4 Å². The van der Waals surface area contributed by atoms with E-state index in [2.05, 4.69) is 16.7 Å². The number of hydrogen-bond donors (Lipinski definition) is 0. The molecular formula is C44H28F6N6. The van der Waals surface area contributed by atoms with Gasteiger partial charge in [0, 0.05) is 32.9 Å². The third-order valence-electron chi connectivity index (χ3n) is 10.6. The van der Waals surface area contributed by atoms with E-state index in [1.54, 1.807) is 65.6 Å². The molecule has 12 heteroatoms. The van der Waals surface area contributed by atoms with E-state index in [9.17, 15) is 26.3 Å². The van der Waals surface area contributed by atoms with Crippen LogP contribution in [0.15, 0.2) is 133 Å². The summed E-state index contributed by atoms with van der Waals surface area (Å²) in [7, 11) is 0. The van der Waals surface area contributed by atoms with Crippen LogP contribution in [0, 0.1) is 13.8 Å². The molecule has 0 amide bonds. The molecule has 0 N–H and O–H groups in total. The first-order valence-corrected chi connectivity index (χ1v) is 17.7. The summed E-state index contributed by atoms with van der Waals surface area (Å²) in [6.45, 7) is 3.06. The van der Waals surface area contributed by atoms with Crippen LogP contribution in [0.4, 0.5) is 43.7 Å². The van der Waals surface area contributed by atoms with E-state index >= 15 is 0 Å². The van der Waals surface area contributed by atoms with Crippen LogP contribution in [0.25, 0.3) is 60.3 Å². The van der Waals surface area contributed by atoms with Crippen LogP contribution in [0.3, 0.4) is 0 Å². The topological polar surface area (TPSA) is 42.8 Å². The molecule has 10 aromatic rings. The summed E-state index contributed by atoms with van der Waals surface area (Å²) >= 11 is 0. The van der Waals surface area contributed by atoms with E-state index in [0.29, 0.717) is 27.2 Å². The van der Waals surface area contributed by atoms with Crippen molar-refractivity contribution >= 4 is 72.0 Å². The fraction of sp³-hybridized carbons (Fsp3) is 0.0909. The molecule has 0 aliphatic carbocycles. The highest BCUT2D eigenvalue weighted by molar-refractivity contribution is 6.09. The van der Waals surface area contributed by atoms with Crippen molar-refractivity contribution in [1.82, 2.24) is 23.3 Å². The van der Waals surface area contributed by atoms with E-state index in [1.807, 2.05) is 48.5 Å². The highest BCUT2D eigenvalue weighted by Gasteiger charge is 2.38. The van der Waals surface area contributed by atoms with Gasteiger partial charge < -0.3 is 4.57 Å². The zero-order valence-corrected chi connectivity index (χ0v) is 29.7. The molecule has 56 heavy (non-hydrogen) atoms. The molecule has 0 radical (unpaired) electrons. The molecule has 5 heterocycles. The second-order valence-corrected chi connectivity index (χ2v) is 13.8. The van der Waals surface area contributed by atoms with E-state index < -0.39 is 23.7 Å². The number of hydrogen-bond acceptors (Lipinski definition) is 3. The Balaban J connectivity index is 1.27. The zero-order valence-electron chi connectivity index (χ0n) is 29.7. The van der Waals surface area contributed by atoms with Gasteiger partial charge >= 0.3 is 12.4 Å². The van der Waals surface area contributed by atoms with Crippen molar-refractivity contribution in [2.45, 2.75) is 26.2 Å². The molecule has 0 bridgehead atoms. The molecular weight excluding hydrogens is 727 g/mol. The number of anilines is 3. The van der Waals surface area contributed by atoms with Gasteiger partial charge in [-0.2, -0.15) is 26.3 Å². The Morgan fingerprint density at radius 1 is 0.482 bits per heavy atom. The van der Waals surface area contributed by atoms with Gasteiger partial charge in [0.2, 0.25) is 0 Å². The van der Waals surface area contributed by atoms with Crippen molar-refractivity contribution in [3.63, 3.8) is 0 Å². The lowest BCUT2D eigenvalue weighted by Crippen LogP contribution is -2.16. The maximum Gasteiger partial charge on any atom is 0.431 e. The number of imidazole rings is 2. The zero-order chi connectivity index (χ0) is 38.7. The molecule has 0 aliphatic heterocycles. The van der Waals surface area contributed by atoms with Crippen molar-refractivity contribution in [2.24, 2.45) is 0 Å². The van der Waals surface area contributed by atoms with Gasteiger partial charge in [0.25, 0.3) is 0 Å². The van der Waals surface area contributed by atoms with Crippen molar-refractivity contribution in [2.75, 3.05) is 4.90 Å². The fourth-order valence-electron chi connectivity index (χ4n) is 8.14. The number of aromatic nitrogens is 5. The molecule has 0 fully saturated rings. The molecule has 0 unspecified atom stereocenters. The average molecular weight is 755 g/mol. The Hall–Kier alpha value is -6.82. The molecule has 10 rings (SSSR count). The Bertz CT molecular complexity index is 3010. The summed E-state index contributed by atoms with van der Waals surface area (Å²) in [6.07, 6.45) is -9.50. The molecule has 5 aromatic heterocycles. The minimum atomic E-state index is -4.75. The van der Waals surface area contributed by atoms with Gasteiger partial charge in [-0.15, -0.1) is 0 Å². The van der Waals surface area contributed by atoms with Crippen molar-refractivity contribution in [3.8, 4) is 5.69 Å². The normalized spacial score (nSPS) is 12.6. The maximum absolute atomic E-state index is 14.8. The first kappa shape index (κ1) is 33.7. The van der Waals surface area contributed by atoms with Gasteiger partial charge in [-0.3, -0.25) is 13.7 Å². The van der Waals surface area contributed by atoms with Gasteiger partial charge in [-0.05, 0) is 73.2 Å². The van der Waals surface area contributed by atoms with Crippen molar-refractivity contribution in [1.29, 1.82) is 0 Å². The summed E-state index contributed by atoms with van der Waals surface area (Å²) in [5.74, 6) is 0.168. The Morgan fingerprint density at radius 3 is 1.30 bits per heavy atom. The maximum atomic E-state index is 14.8. The first-order chi connectivity index (χ1) is 26.9. The third kappa shape index (κ3) is 4.91. The lowest BCUT2D eigenvalue weighted by Gasteiger charge is -2.23. The van der Waals surface area contributed by atoms with Gasteiger partial charge in [0.1, 0.15) is 22.7 Å². The number of rotatable bonds is 4. The molecule has 5 aromatic carbocycles. The minimum Gasteiger partial charge on any atom is -0.309 e. The minimum absolute atomic E-state index is 0.0534. The molecule has 0 aliphatic rings. The smallest absolute Gasteiger partial charge is 0.309 e. The number of fused-ring (bicyclic) bond motifs is 9. The molecule has 0 saturated carbocycles. The summed E-state index contributed by atoms with van der Waals surface area (Å²) in [5, 5.41) is 3.78. The highest BCUT2D eigenvalue weighted by atomic mass is 19.4. The molecule has 0 spiro atoms. The summed E-state index contributed by atoms with van der Waals surface area (Å²) in [4.78, 5) is 11.3. The molecule has 6 nitrogen and oxygen atoms in total. The number of alkyl halides is 6. The van der Waals surface area contributed by atoms with Crippen LogP contribution < -0.4 is 4.90 Å². The standard InChI is InChI=1S/C44H28F6N6/c1-25-39(51-41-31-13-5-3-11-27(31)23-37(53(25)41)43(45,46)47)56(40-26(2)54-38(44(48,49)50)24-28-12-4-6-14-32(28)42(54)52-40)30-21-19-29(20-22-30)55-35-17-9-7-15-33(35)34-16-8-10-18-36(34)55/h3-24H,1-2H3. The largest absolute Gasteiger partial charge is 0.431 e. The summed E-state index contributed by atoms with van der Waals surface area (Å²) in [5.41, 5.74) is 1.69. The fourth-order valence-corrected chi connectivity index (χ4v) is 8.14. The lowest BCUT2D eigenvalue weighted by atomic mass is 10.1. The van der Waals surface area contributed by atoms with Crippen LogP contribution in [-0.4, -0.2) is 23.3 Å². The van der Waals surface area contributed by atoms with Crippen LogP contribution in [-0.2, 0) is 12.4 Å². The van der Waals surface area contributed by atoms with Crippen molar-refractivity contribution in [3.05, 3.63) is 156 Å². The van der Waals surface area contributed by atoms with Crippen LogP contribution >= 0.6 is 0 Å². The summed E-state index contributed by atoms with van der Waals surface area (Å²) in [6, 6.07) is 38.9. The third-order valence-corrected chi connectivity index (χ3v) is 10.6. The number of aryl methyl sites for hydroxylation is 2. The number of pyridine rings is 2. The average Bonchev–Trinajstić information content (AvgIpc) is 3.83. The number of benzene rings is 5. The second kappa shape index (κ2) is 11.8. The van der Waals surface area contributed by atoms with Gasteiger partial charge in [-0.25, -0.2) is 9.97 Å². The predicted octanol–water partition coefficient (Wildman–Crippen LogP) is 12.5. The Morgan fingerprint density at radius 2 is 0.875 bits per heavy atom. The number of nitrogens with zero attached hydrogens (tertiary/aromatic N) is 6. The first-order valence-electron chi connectivity index (χ1n) is 17.7. The quantitative estimate of drug-likeness (QED) is 0.168. The van der Waals surface area contributed by atoms with Gasteiger partial charge in [0.15, 0.2) is 11.6 Å². The Kier molecular flexibility index (Phi) is 7.13. The second-order valence-electron chi connectivity index (χ2n) is 13.8. The van der Waals surface area contributed by atoms with Crippen LogP contribution in [0.1, 0.15) is 22.8 Å². The predicted molar refractivity (Wildman–Crippen MR) is 207 cm³/mol. The van der Waals surface area contributed by atoms with E-state index in [4.69, 9.17) is 9.97 Å². The van der Waals surface area contributed by atoms with Crippen LogP contribution in [0.5, 0.6) is 0 Å². The molecule has 276 valence electrons. The lowest BCUT2D eigenvalue weighted by molar-refractivity contribution is -0.142. The van der Waals surface area contributed by atoms with E-state index in [-0.39, 0.29) is 34.3 Å². The summed E-state index contributed by atoms with van der Waals surface area (Å²) < 4.78 is 93.1. The Labute approximate surface area is 314 Å². The molecule has 0 atom stereocenters. The van der Waals surface area contributed by atoms with Gasteiger partial charge in [-0.1, -0.05) is 84.9 Å². The number of halogens is 6. The highest BCUT2D eigenvalue weighted by Crippen LogP contribution is 2.44. The monoisotopic (exact) mass is 754 g/mol. The van der Waals surface area contributed by atoms with Crippen molar-refractivity contribution < 1.29 is 26.3 Å². The SMILES string of the molecule is Cc1c(N(c2ccc(-n3c4ccccc4c4ccccc43)cc2)c2nc3c4ccccc4cc(C(F)(F)F)n3c2C)nc2c3ccccc3cc(C(F)(F)F)n12. The van der Waals surface area contributed by atoms with E-state index in [1.165, 1.54) is 13.8 Å². The van der Waals surface area contributed by atoms with Crippen LogP contribution in [0.2, 0.25) is 0 Å². The number of para-hydroxylation sites is 2. The van der Waals surface area contributed by atoms with Gasteiger partial charge in [0.05, 0.1) is 22.4 Å². The molecule has 0 saturated heterocycles.